The van der Waals surface area contributed by atoms with Crippen molar-refractivity contribution in [1.82, 2.24) is 15.3 Å². The number of hydrogen-bond acceptors (Lipinski definition) is 6. The lowest BCUT2D eigenvalue weighted by atomic mass is 9.77. The number of nitriles is 1. The molecule has 1 saturated carbocycles. The highest BCUT2D eigenvalue weighted by Gasteiger charge is 2.27. The Morgan fingerprint density at radius 2 is 2.24 bits per heavy atom. The molecule has 0 unspecified atom stereocenters. The normalized spacial score (nSPS) is 19.9. The first-order valence-electron chi connectivity index (χ1n) is 8.57. The summed E-state index contributed by atoms with van der Waals surface area (Å²) < 4.78 is 0. The van der Waals surface area contributed by atoms with Crippen LogP contribution in [-0.2, 0) is 0 Å². The monoisotopic (exact) mass is 334 g/mol. The molecule has 0 radical (unpaired) electrons. The van der Waals surface area contributed by atoms with Crippen LogP contribution in [0.3, 0.4) is 0 Å². The minimum atomic E-state index is 0.455. The zero-order valence-electron chi connectivity index (χ0n) is 14.1. The fourth-order valence-corrected chi connectivity index (χ4v) is 3.13. The van der Waals surface area contributed by atoms with E-state index in [1.54, 1.807) is 24.4 Å². The van der Waals surface area contributed by atoms with Gasteiger partial charge in [-0.05, 0) is 56.3 Å². The van der Waals surface area contributed by atoms with Crippen LogP contribution < -0.4 is 11.1 Å². The summed E-state index contributed by atoms with van der Waals surface area (Å²) in [5.74, 6) is 0.766. The highest BCUT2D eigenvalue weighted by molar-refractivity contribution is 6.07. The first kappa shape index (κ1) is 17.1. The van der Waals surface area contributed by atoms with Gasteiger partial charge >= 0.3 is 0 Å². The Labute approximate surface area is 147 Å². The van der Waals surface area contributed by atoms with Crippen LogP contribution in [0.15, 0.2) is 30.6 Å². The van der Waals surface area contributed by atoms with E-state index in [-0.39, 0.29) is 0 Å². The molecular weight excluding hydrogens is 312 g/mol. The van der Waals surface area contributed by atoms with Crippen molar-refractivity contribution in [2.24, 2.45) is 11.7 Å². The third-order valence-electron chi connectivity index (χ3n) is 4.65. The van der Waals surface area contributed by atoms with Gasteiger partial charge in [-0.15, -0.1) is 0 Å². The van der Waals surface area contributed by atoms with Crippen molar-refractivity contribution in [3.05, 3.63) is 41.9 Å². The summed E-state index contributed by atoms with van der Waals surface area (Å²) in [6, 6.07) is 7.79. The van der Waals surface area contributed by atoms with E-state index < -0.39 is 0 Å². The topological polar surface area (TPSA) is 111 Å². The number of nitrogens with two attached hydrogens (primary N) is 1. The first-order chi connectivity index (χ1) is 12.2. The molecule has 1 aromatic carbocycles. The number of benzene rings is 1. The van der Waals surface area contributed by atoms with E-state index in [2.05, 4.69) is 21.4 Å². The van der Waals surface area contributed by atoms with Crippen molar-refractivity contribution in [2.45, 2.75) is 31.7 Å². The number of rotatable bonds is 7. The van der Waals surface area contributed by atoms with E-state index in [0.717, 1.165) is 37.2 Å². The standard InChI is InChI=1S/C19H22N6/c20-5-1-2-13-6-16(7-13)23-11-15(10-22)19-12-24-17-4-3-14(9-21)8-18(17)25-19/h3-4,8,10-13,16,22-23H,1-2,5-7,20H2/b15-11+,22-10?. The fraction of sp³-hybridized carbons (Fsp3) is 0.368. The molecule has 0 aliphatic heterocycles. The van der Waals surface area contributed by atoms with Crippen LogP contribution in [0.2, 0.25) is 0 Å². The van der Waals surface area contributed by atoms with Crippen LogP contribution in [0.1, 0.15) is 36.9 Å². The second-order valence-corrected chi connectivity index (χ2v) is 6.45. The summed E-state index contributed by atoms with van der Waals surface area (Å²) in [5, 5.41) is 20.1. The van der Waals surface area contributed by atoms with Crippen molar-refractivity contribution in [2.75, 3.05) is 6.54 Å². The quantitative estimate of drug-likeness (QED) is 0.674. The van der Waals surface area contributed by atoms with Gasteiger partial charge in [0.05, 0.1) is 34.6 Å². The molecule has 1 aliphatic rings. The van der Waals surface area contributed by atoms with Gasteiger partial charge in [0, 0.05) is 24.0 Å². The van der Waals surface area contributed by atoms with Crippen LogP contribution in [0, 0.1) is 22.7 Å². The van der Waals surface area contributed by atoms with Gasteiger partial charge in [-0.25, -0.2) is 4.98 Å². The largest absolute Gasteiger partial charge is 0.388 e. The molecule has 1 aromatic heterocycles. The molecule has 1 fully saturated rings. The van der Waals surface area contributed by atoms with Crippen molar-refractivity contribution in [3.8, 4) is 6.07 Å². The lowest BCUT2D eigenvalue weighted by Gasteiger charge is -2.35. The maximum atomic E-state index is 9.01. The summed E-state index contributed by atoms with van der Waals surface area (Å²) in [6.45, 7) is 0.764. The zero-order valence-corrected chi connectivity index (χ0v) is 14.1. The molecule has 25 heavy (non-hydrogen) atoms. The number of aromatic nitrogens is 2. The van der Waals surface area contributed by atoms with Gasteiger partial charge in [-0.2, -0.15) is 5.26 Å². The number of allylic oxidation sites excluding steroid dienone is 1. The Kier molecular flexibility index (Phi) is 5.36. The minimum Gasteiger partial charge on any atom is -0.388 e. The lowest BCUT2D eigenvalue weighted by Crippen LogP contribution is -2.38. The Balaban J connectivity index is 1.69. The smallest absolute Gasteiger partial charge is 0.0992 e. The second kappa shape index (κ2) is 7.86. The molecule has 2 aromatic rings. The molecule has 1 aliphatic carbocycles. The van der Waals surface area contributed by atoms with E-state index >= 15 is 0 Å². The zero-order chi connectivity index (χ0) is 17.6. The lowest BCUT2D eigenvalue weighted by molar-refractivity contribution is 0.223. The average Bonchev–Trinajstić information content (AvgIpc) is 2.62. The van der Waals surface area contributed by atoms with Crippen molar-refractivity contribution in [1.29, 1.82) is 10.7 Å². The predicted octanol–water partition coefficient (Wildman–Crippen LogP) is 2.60. The van der Waals surface area contributed by atoms with E-state index in [0.29, 0.717) is 28.4 Å². The number of fused-ring (bicyclic) bond motifs is 1. The molecule has 0 saturated heterocycles. The Hall–Kier alpha value is -2.78. The highest BCUT2D eigenvalue weighted by Crippen LogP contribution is 2.31. The van der Waals surface area contributed by atoms with E-state index in [1.807, 2.05) is 6.20 Å². The molecule has 4 N–H and O–H groups in total. The second-order valence-electron chi connectivity index (χ2n) is 6.45. The number of nitrogens with one attached hydrogen (secondary N) is 2. The summed E-state index contributed by atoms with van der Waals surface area (Å²) in [5.41, 5.74) is 8.81. The Bertz CT molecular complexity index is 829. The van der Waals surface area contributed by atoms with Crippen molar-refractivity contribution >= 4 is 22.8 Å². The van der Waals surface area contributed by atoms with Crippen molar-refractivity contribution in [3.63, 3.8) is 0 Å². The predicted molar refractivity (Wildman–Crippen MR) is 98.9 cm³/mol. The SMILES string of the molecule is N#Cc1ccc2ncc(/C(C=N)=C/NC3CC(CCCN)C3)nc2c1. The minimum absolute atomic E-state index is 0.455. The van der Waals surface area contributed by atoms with Crippen LogP contribution in [-0.4, -0.2) is 28.8 Å². The molecule has 6 nitrogen and oxygen atoms in total. The molecular formula is C19H22N6. The molecule has 128 valence electrons. The van der Waals surface area contributed by atoms with Gasteiger partial charge in [-0.3, -0.25) is 4.98 Å². The van der Waals surface area contributed by atoms with Gasteiger partial charge < -0.3 is 16.5 Å². The molecule has 0 atom stereocenters. The molecule has 0 amide bonds. The van der Waals surface area contributed by atoms with E-state index in [1.165, 1.54) is 12.6 Å². The van der Waals surface area contributed by atoms with Gasteiger partial charge in [0.2, 0.25) is 0 Å². The third kappa shape index (κ3) is 4.01. The first-order valence-corrected chi connectivity index (χ1v) is 8.57. The Morgan fingerprint density at radius 1 is 1.40 bits per heavy atom. The van der Waals surface area contributed by atoms with Crippen LogP contribution in [0.25, 0.3) is 16.6 Å². The average molecular weight is 334 g/mol. The molecule has 0 spiro atoms. The van der Waals surface area contributed by atoms with Crippen molar-refractivity contribution < 1.29 is 0 Å². The van der Waals surface area contributed by atoms with Gasteiger partial charge in [-0.1, -0.05) is 0 Å². The molecule has 1 heterocycles. The molecule has 6 heteroatoms. The van der Waals surface area contributed by atoms with Crippen LogP contribution in [0.4, 0.5) is 0 Å². The van der Waals surface area contributed by atoms with Crippen LogP contribution in [0.5, 0.6) is 0 Å². The summed E-state index contributed by atoms with van der Waals surface area (Å²) in [4.78, 5) is 8.92. The molecule has 3 rings (SSSR count). The summed E-state index contributed by atoms with van der Waals surface area (Å²) >= 11 is 0. The Morgan fingerprint density at radius 3 is 2.96 bits per heavy atom. The summed E-state index contributed by atoms with van der Waals surface area (Å²) in [7, 11) is 0. The highest BCUT2D eigenvalue weighted by atomic mass is 14.9. The number of hydrogen-bond donors (Lipinski definition) is 3. The van der Waals surface area contributed by atoms with Crippen LogP contribution >= 0.6 is 0 Å². The maximum absolute atomic E-state index is 9.01. The fourth-order valence-electron chi connectivity index (χ4n) is 3.13. The third-order valence-corrected chi connectivity index (χ3v) is 4.65. The van der Waals surface area contributed by atoms with Gasteiger partial charge in [0.25, 0.3) is 0 Å². The van der Waals surface area contributed by atoms with E-state index in [4.69, 9.17) is 16.4 Å². The van der Waals surface area contributed by atoms with Gasteiger partial charge in [0.1, 0.15) is 0 Å². The van der Waals surface area contributed by atoms with E-state index in [9.17, 15) is 0 Å². The molecule has 0 bridgehead atoms. The summed E-state index contributed by atoms with van der Waals surface area (Å²) in [6.07, 6.45) is 9.39. The maximum Gasteiger partial charge on any atom is 0.0992 e. The van der Waals surface area contributed by atoms with Gasteiger partial charge in [0.15, 0.2) is 0 Å². The number of nitrogens with zero attached hydrogens (tertiary/aromatic N) is 3.